The van der Waals surface area contributed by atoms with Gasteiger partial charge in [0, 0.05) is 23.3 Å². The van der Waals surface area contributed by atoms with Crippen LogP contribution in [-0.4, -0.2) is 32.4 Å². The molecule has 35 heavy (non-hydrogen) atoms. The van der Waals surface area contributed by atoms with E-state index in [0.29, 0.717) is 28.4 Å². The number of pyridine rings is 2. The molecule has 0 bridgehead atoms. The van der Waals surface area contributed by atoms with Crippen molar-refractivity contribution in [3.05, 3.63) is 86.7 Å². The summed E-state index contributed by atoms with van der Waals surface area (Å²) in [5.41, 5.74) is 0.945. The van der Waals surface area contributed by atoms with Gasteiger partial charge in [-0.15, -0.1) is 0 Å². The lowest BCUT2D eigenvalue weighted by Crippen LogP contribution is -2.33. The summed E-state index contributed by atoms with van der Waals surface area (Å²) >= 11 is 5.96. The van der Waals surface area contributed by atoms with Crippen molar-refractivity contribution in [2.45, 2.75) is 39.7 Å². The van der Waals surface area contributed by atoms with E-state index in [0.717, 1.165) is 19.3 Å². The fourth-order valence-electron chi connectivity index (χ4n) is 3.84. The number of aryl methyl sites for hydroxylation is 1. The second-order valence-corrected chi connectivity index (χ2v) is 8.40. The number of fused-ring (bicyclic) bond motifs is 2. The Hall–Kier alpha value is -3.78. The summed E-state index contributed by atoms with van der Waals surface area (Å²) in [5, 5.41) is 0.733. The van der Waals surface area contributed by atoms with Crippen molar-refractivity contribution in [2.24, 2.45) is 4.99 Å². The van der Waals surface area contributed by atoms with Gasteiger partial charge in [-0.1, -0.05) is 37.4 Å². The van der Waals surface area contributed by atoms with Gasteiger partial charge in [0.05, 0.1) is 12.0 Å². The highest BCUT2D eigenvalue weighted by molar-refractivity contribution is 6.30. The van der Waals surface area contributed by atoms with Crippen LogP contribution < -0.4 is 11.0 Å². The van der Waals surface area contributed by atoms with Gasteiger partial charge in [-0.05, 0) is 55.8 Å². The van der Waals surface area contributed by atoms with Crippen LogP contribution in [-0.2, 0) is 11.3 Å². The van der Waals surface area contributed by atoms with Crippen LogP contribution in [0.1, 0.15) is 53.8 Å². The van der Waals surface area contributed by atoms with E-state index >= 15 is 0 Å². The molecule has 0 aliphatic heterocycles. The molecule has 0 unspecified atom stereocenters. The highest BCUT2D eigenvalue weighted by Crippen LogP contribution is 2.14. The van der Waals surface area contributed by atoms with Crippen molar-refractivity contribution in [3.63, 3.8) is 0 Å². The molecule has 8 nitrogen and oxygen atoms in total. The van der Waals surface area contributed by atoms with E-state index < -0.39 is 11.9 Å². The monoisotopic (exact) mass is 492 g/mol. The Balaban J connectivity index is 2.08. The number of carbonyl (C=O) groups excluding carboxylic acids is 2. The van der Waals surface area contributed by atoms with Gasteiger partial charge in [-0.2, -0.15) is 4.99 Å². The summed E-state index contributed by atoms with van der Waals surface area (Å²) in [6, 6.07) is 13.0. The minimum atomic E-state index is -0.668. The average molecular weight is 493 g/mol. The summed E-state index contributed by atoms with van der Waals surface area (Å²) in [4.78, 5) is 48.4. The van der Waals surface area contributed by atoms with E-state index in [1.54, 1.807) is 60.2 Å². The summed E-state index contributed by atoms with van der Waals surface area (Å²) < 4.78 is 8.36. The third-order valence-corrected chi connectivity index (χ3v) is 5.82. The molecule has 4 aromatic rings. The number of hydrogen-bond donors (Lipinski definition) is 0. The molecule has 4 rings (SSSR count). The van der Waals surface area contributed by atoms with Crippen molar-refractivity contribution in [1.29, 1.82) is 0 Å². The molecule has 0 N–H and O–H groups in total. The standard InChI is InChI=1S/C26H25ClN4O4/c1-3-5-7-15-31-22-19(25(33)30-14-8-6-9-21(30)28-22)16-20(26(34)35-4-2)23(31)29-24(32)17-10-12-18(27)13-11-17/h6,8-14,16H,3-5,7,15H2,1-2H3. The van der Waals surface area contributed by atoms with Crippen molar-refractivity contribution in [1.82, 2.24) is 14.0 Å². The molecule has 0 atom stereocenters. The van der Waals surface area contributed by atoms with Gasteiger partial charge in [0.25, 0.3) is 11.5 Å². The molecule has 0 radical (unpaired) electrons. The number of nitrogens with zero attached hydrogens (tertiary/aromatic N) is 4. The summed E-state index contributed by atoms with van der Waals surface area (Å²) in [6.07, 6.45) is 4.24. The lowest BCUT2D eigenvalue weighted by Gasteiger charge is -2.15. The van der Waals surface area contributed by atoms with Crippen LogP contribution in [0.5, 0.6) is 0 Å². The Bertz CT molecular complexity index is 1540. The van der Waals surface area contributed by atoms with Gasteiger partial charge in [-0.3, -0.25) is 14.0 Å². The van der Waals surface area contributed by atoms with Crippen LogP contribution in [0.2, 0.25) is 5.02 Å². The zero-order valence-electron chi connectivity index (χ0n) is 19.5. The Morgan fingerprint density at radius 3 is 2.57 bits per heavy atom. The maximum atomic E-state index is 13.3. The van der Waals surface area contributed by atoms with Gasteiger partial charge in [-0.25, -0.2) is 9.78 Å². The first-order chi connectivity index (χ1) is 16.9. The molecule has 0 spiro atoms. The third kappa shape index (κ3) is 5.02. The molecule has 3 heterocycles. The number of amides is 1. The van der Waals surface area contributed by atoms with Gasteiger partial charge >= 0.3 is 5.97 Å². The van der Waals surface area contributed by atoms with Crippen LogP contribution >= 0.6 is 11.6 Å². The molecule has 1 aromatic carbocycles. The van der Waals surface area contributed by atoms with Gasteiger partial charge in [0.2, 0.25) is 0 Å². The zero-order chi connectivity index (χ0) is 24.9. The smallest absolute Gasteiger partial charge is 0.341 e. The predicted octanol–water partition coefficient (Wildman–Crippen LogP) is 4.41. The third-order valence-electron chi connectivity index (χ3n) is 5.57. The van der Waals surface area contributed by atoms with Crippen molar-refractivity contribution >= 4 is 40.2 Å². The average Bonchev–Trinajstić information content (AvgIpc) is 2.86. The van der Waals surface area contributed by atoms with E-state index in [2.05, 4.69) is 11.9 Å². The van der Waals surface area contributed by atoms with Gasteiger partial charge in [0.15, 0.2) is 5.49 Å². The molecule has 180 valence electrons. The Kier molecular flexibility index (Phi) is 7.41. The molecule has 0 saturated carbocycles. The molecule has 0 saturated heterocycles. The normalized spacial score (nSPS) is 11.8. The predicted molar refractivity (Wildman–Crippen MR) is 134 cm³/mol. The lowest BCUT2D eigenvalue weighted by molar-refractivity contribution is 0.0523. The second-order valence-electron chi connectivity index (χ2n) is 7.97. The minimum absolute atomic E-state index is 0.0351. The SMILES string of the molecule is CCCCCn1c(=NC(=O)c2ccc(Cl)cc2)c(C(=O)OCC)cc2c(=O)n3ccccc3nc21. The number of unbranched alkanes of at least 4 members (excludes halogenated alkanes) is 2. The van der Waals surface area contributed by atoms with E-state index in [1.807, 2.05) is 0 Å². The van der Waals surface area contributed by atoms with Crippen LogP contribution in [0.3, 0.4) is 0 Å². The Morgan fingerprint density at radius 2 is 1.86 bits per heavy atom. The van der Waals surface area contributed by atoms with E-state index in [-0.39, 0.29) is 28.6 Å². The van der Waals surface area contributed by atoms with E-state index in [4.69, 9.17) is 21.3 Å². The minimum Gasteiger partial charge on any atom is -0.462 e. The summed E-state index contributed by atoms with van der Waals surface area (Å²) in [5.74, 6) is -1.22. The maximum absolute atomic E-state index is 13.3. The Labute approximate surface area is 206 Å². The fraction of sp³-hybridized carbons (Fsp3) is 0.269. The second kappa shape index (κ2) is 10.7. The van der Waals surface area contributed by atoms with Crippen molar-refractivity contribution < 1.29 is 14.3 Å². The first kappa shape index (κ1) is 24.3. The fourth-order valence-corrected chi connectivity index (χ4v) is 3.97. The number of carbonyl (C=O) groups is 2. The summed E-state index contributed by atoms with van der Waals surface area (Å²) in [6.45, 7) is 4.31. The maximum Gasteiger partial charge on any atom is 0.341 e. The number of benzene rings is 1. The first-order valence-corrected chi connectivity index (χ1v) is 11.9. The molecular weight excluding hydrogens is 468 g/mol. The van der Waals surface area contributed by atoms with E-state index in [1.165, 1.54) is 10.5 Å². The van der Waals surface area contributed by atoms with Crippen LogP contribution in [0.15, 0.2) is 64.5 Å². The highest BCUT2D eigenvalue weighted by atomic mass is 35.5. The largest absolute Gasteiger partial charge is 0.462 e. The van der Waals surface area contributed by atoms with Gasteiger partial charge in [0.1, 0.15) is 16.9 Å². The molecule has 0 fully saturated rings. The molecule has 3 aromatic heterocycles. The number of ether oxygens (including phenoxy) is 1. The molecule has 9 heteroatoms. The van der Waals surface area contributed by atoms with Crippen LogP contribution in [0.25, 0.3) is 16.7 Å². The lowest BCUT2D eigenvalue weighted by atomic mass is 10.2. The van der Waals surface area contributed by atoms with Crippen LogP contribution in [0, 0.1) is 0 Å². The summed E-state index contributed by atoms with van der Waals surface area (Å²) in [7, 11) is 0. The van der Waals surface area contributed by atoms with Crippen molar-refractivity contribution in [3.8, 4) is 0 Å². The molecular formula is C26H25ClN4O4. The topological polar surface area (TPSA) is 95.0 Å². The number of aromatic nitrogens is 3. The molecule has 0 aliphatic carbocycles. The zero-order valence-corrected chi connectivity index (χ0v) is 20.3. The number of halogens is 1. The van der Waals surface area contributed by atoms with Crippen molar-refractivity contribution in [2.75, 3.05) is 6.61 Å². The van der Waals surface area contributed by atoms with Gasteiger partial charge < -0.3 is 9.30 Å². The highest BCUT2D eigenvalue weighted by Gasteiger charge is 2.20. The number of rotatable bonds is 7. The first-order valence-electron chi connectivity index (χ1n) is 11.5. The Morgan fingerprint density at radius 1 is 1.09 bits per heavy atom. The molecule has 0 aliphatic rings. The number of esters is 1. The van der Waals surface area contributed by atoms with Crippen LogP contribution in [0.4, 0.5) is 0 Å². The quantitative estimate of drug-likeness (QED) is 0.216. The van der Waals surface area contributed by atoms with E-state index in [9.17, 15) is 14.4 Å². The molecule has 1 amide bonds. The number of hydrogen-bond acceptors (Lipinski definition) is 5.